The van der Waals surface area contributed by atoms with Crippen LogP contribution in [-0.4, -0.2) is 66.8 Å². The van der Waals surface area contributed by atoms with E-state index in [1.807, 2.05) is 32.0 Å². The second kappa shape index (κ2) is 10.6. The lowest BCUT2D eigenvalue weighted by Gasteiger charge is -2.21. The predicted octanol–water partition coefficient (Wildman–Crippen LogP) is 3.27. The zero-order valence-corrected chi connectivity index (χ0v) is 21.6. The summed E-state index contributed by atoms with van der Waals surface area (Å²) >= 11 is 0. The summed E-state index contributed by atoms with van der Waals surface area (Å²) in [6, 6.07) is 13.0. The Kier molecular flexibility index (Phi) is 7.56. The van der Waals surface area contributed by atoms with Crippen molar-refractivity contribution in [3.05, 3.63) is 75.6 Å². The van der Waals surface area contributed by atoms with Crippen molar-refractivity contribution < 1.29 is 14.6 Å². The summed E-state index contributed by atoms with van der Waals surface area (Å²) in [5.74, 6) is -0.391. The highest BCUT2D eigenvalue weighted by Gasteiger charge is 2.23. The fourth-order valence-corrected chi connectivity index (χ4v) is 5.52. The highest BCUT2D eigenvalue weighted by atomic mass is 32.2. The third-order valence-electron chi connectivity index (χ3n) is 6.42. The number of sulfonamides is 1. The number of aromatic nitrogens is 2. The minimum atomic E-state index is -4.12. The fourth-order valence-electron chi connectivity index (χ4n) is 4.51. The first-order valence-corrected chi connectivity index (χ1v) is 13.5. The normalized spacial score (nSPS) is 14.9. The molecular formula is C26H33N5O4S. The number of benzene rings is 2. The molecule has 0 radical (unpaired) electrons. The van der Waals surface area contributed by atoms with E-state index >= 15 is 0 Å². The molecule has 0 aliphatic carbocycles. The van der Waals surface area contributed by atoms with E-state index in [1.165, 1.54) is 18.2 Å². The maximum absolute atomic E-state index is 13.2. The summed E-state index contributed by atoms with van der Waals surface area (Å²) in [4.78, 5) is 36.3. The molecule has 0 spiro atoms. The first-order valence-electron chi connectivity index (χ1n) is 12.0. The van der Waals surface area contributed by atoms with E-state index < -0.39 is 15.6 Å². The van der Waals surface area contributed by atoms with Gasteiger partial charge < -0.3 is 9.80 Å². The Labute approximate surface area is 212 Å². The highest BCUT2D eigenvalue weighted by Crippen LogP contribution is 2.25. The maximum Gasteiger partial charge on any atom is 0.264 e. The molecule has 1 aromatic heterocycles. The summed E-state index contributed by atoms with van der Waals surface area (Å²) in [5, 5.41) is 0. The molecule has 2 heterocycles. The SMILES string of the molecule is CCN1CCCN(C(=O)c2cccc(S(=O)(=O)Nc3nc(-c4c(C)cccc4C)cc(=O)[nH]3)c2)CC1.[HH]. The van der Waals surface area contributed by atoms with Crippen LogP contribution in [0, 0.1) is 13.8 Å². The van der Waals surface area contributed by atoms with Crippen molar-refractivity contribution in [2.45, 2.75) is 32.1 Å². The molecule has 192 valence electrons. The topological polar surface area (TPSA) is 115 Å². The van der Waals surface area contributed by atoms with Gasteiger partial charge in [0.2, 0.25) is 5.95 Å². The van der Waals surface area contributed by atoms with Crippen LogP contribution in [0.4, 0.5) is 5.95 Å². The Balaban J connectivity index is 0.00000380. The minimum absolute atomic E-state index is 0. The van der Waals surface area contributed by atoms with Gasteiger partial charge in [-0.3, -0.25) is 14.6 Å². The van der Waals surface area contributed by atoms with Gasteiger partial charge in [0, 0.05) is 38.3 Å². The molecule has 9 nitrogen and oxygen atoms in total. The molecule has 1 aliphatic heterocycles. The maximum atomic E-state index is 13.2. The van der Waals surface area contributed by atoms with Gasteiger partial charge >= 0.3 is 0 Å². The number of carbonyl (C=O) groups is 1. The van der Waals surface area contributed by atoms with Gasteiger partial charge in [-0.25, -0.2) is 18.1 Å². The average molecular weight is 512 g/mol. The number of carbonyl (C=O) groups excluding carboxylic acids is 1. The molecule has 10 heteroatoms. The molecule has 0 atom stereocenters. The minimum Gasteiger partial charge on any atom is -0.337 e. The van der Waals surface area contributed by atoms with Crippen LogP contribution in [0.15, 0.2) is 58.2 Å². The van der Waals surface area contributed by atoms with Gasteiger partial charge in [0.1, 0.15) is 0 Å². The zero-order valence-electron chi connectivity index (χ0n) is 20.7. The van der Waals surface area contributed by atoms with Crippen LogP contribution >= 0.6 is 0 Å². The van der Waals surface area contributed by atoms with Gasteiger partial charge in [0.05, 0.1) is 10.6 Å². The van der Waals surface area contributed by atoms with E-state index in [0.717, 1.165) is 42.7 Å². The van der Waals surface area contributed by atoms with Crippen molar-refractivity contribution in [2.24, 2.45) is 0 Å². The number of nitrogens with zero attached hydrogens (tertiary/aromatic N) is 3. The lowest BCUT2D eigenvalue weighted by Crippen LogP contribution is -2.35. The van der Waals surface area contributed by atoms with E-state index in [1.54, 1.807) is 17.0 Å². The number of rotatable bonds is 6. The summed E-state index contributed by atoms with van der Waals surface area (Å²) in [6.07, 6.45) is 0.870. The summed E-state index contributed by atoms with van der Waals surface area (Å²) in [6.45, 7) is 9.78. The largest absolute Gasteiger partial charge is 0.337 e. The Bertz CT molecular complexity index is 1420. The number of hydrogen-bond acceptors (Lipinski definition) is 6. The molecule has 4 rings (SSSR count). The number of likely N-dealkylation sites (N-methyl/N-ethyl adjacent to an activating group) is 1. The molecule has 1 saturated heterocycles. The van der Waals surface area contributed by atoms with Crippen molar-refractivity contribution in [1.82, 2.24) is 19.8 Å². The van der Waals surface area contributed by atoms with E-state index in [9.17, 15) is 18.0 Å². The smallest absolute Gasteiger partial charge is 0.264 e. The van der Waals surface area contributed by atoms with Gasteiger partial charge in [-0.1, -0.05) is 31.2 Å². The van der Waals surface area contributed by atoms with Crippen molar-refractivity contribution in [3.63, 3.8) is 0 Å². The molecular weight excluding hydrogens is 478 g/mol. The van der Waals surface area contributed by atoms with Crippen LogP contribution in [0.1, 0.15) is 36.3 Å². The van der Waals surface area contributed by atoms with E-state index in [2.05, 4.69) is 26.5 Å². The molecule has 2 N–H and O–H groups in total. The Morgan fingerprint density at radius 2 is 1.78 bits per heavy atom. The molecule has 1 fully saturated rings. The van der Waals surface area contributed by atoms with Crippen LogP contribution in [0.5, 0.6) is 0 Å². The molecule has 3 aromatic rings. The van der Waals surface area contributed by atoms with E-state index in [0.29, 0.717) is 24.3 Å². The molecule has 0 unspecified atom stereocenters. The summed E-state index contributed by atoms with van der Waals surface area (Å²) < 4.78 is 28.7. The number of H-pyrrole nitrogens is 1. The predicted molar refractivity (Wildman–Crippen MR) is 142 cm³/mol. The lowest BCUT2D eigenvalue weighted by atomic mass is 10.00. The number of hydrogen-bond donors (Lipinski definition) is 2. The monoisotopic (exact) mass is 511 g/mol. The lowest BCUT2D eigenvalue weighted by molar-refractivity contribution is 0.0761. The van der Waals surface area contributed by atoms with Gasteiger partial charge in [-0.2, -0.15) is 0 Å². The zero-order chi connectivity index (χ0) is 25.9. The summed E-state index contributed by atoms with van der Waals surface area (Å²) in [7, 11) is -4.12. The summed E-state index contributed by atoms with van der Waals surface area (Å²) in [5.41, 5.74) is 2.81. The number of amides is 1. The van der Waals surface area contributed by atoms with Gasteiger partial charge in [-0.05, 0) is 62.7 Å². The number of aromatic amines is 1. The van der Waals surface area contributed by atoms with Crippen molar-refractivity contribution in [3.8, 4) is 11.3 Å². The average Bonchev–Trinajstić information content (AvgIpc) is 3.09. The Hall–Kier alpha value is -3.50. The van der Waals surface area contributed by atoms with Crippen LogP contribution in [-0.2, 0) is 10.0 Å². The molecule has 0 bridgehead atoms. The molecule has 2 aromatic carbocycles. The van der Waals surface area contributed by atoms with Gasteiger partial charge in [0.15, 0.2) is 0 Å². The van der Waals surface area contributed by atoms with Crippen molar-refractivity contribution in [1.29, 1.82) is 0 Å². The molecule has 1 amide bonds. The highest BCUT2D eigenvalue weighted by molar-refractivity contribution is 7.92. The third kappa shape index (κ3) is 5.66. The van der Waals surface area contributed by atoms with E-state index in [-0.39, 0.29) is 18.2 Å². The molecule has 1 aliphatic rings. The van der Waals surface area contributed by atoms with Crippen LogP contribution in [0.2, 0.25) is 0 Å². The number of anilines is 1. The third-order valence-corrected chi connectivity index (χ3v) is 7.76. The first kappa shape index (κ1) is 25.6. The molecule has 0 saturated carbocycles. The quantitative estimate of drug-likeness (QED) is 0.525. The second-order valence-corrected chi connectivity index (χ2v) is 10.6. The number of nitrogens with one attached hydrogen (secondary N) is 2. The van der Waals surface area contributed by atoms with Gasteiger partial charge in [-0.15, -0.1) is 0 Å². The number of aryl methyl sites for hydroxylation is 2. The van der Waals surface area contributed by atoms with Crippen LogP contribution in [0.25, 0.3) is 11.3 Å². The fraction of sp³-hybridized carbons (Fsp3) is 0.346. The first-order chi connectivity index (χ1) is 17.2. The van der Waals surface area contributed by atoms with Crippen LogP contribution < -0.4 is 10.3 Å². The van der Waals surface area contributed by atoms with Crippen LogP contribution in [0.3, 0.4) is 0 Å². The van der Waals surface area contributed by atoms with Crippen molar-refractivity contribution in [2.75, 3.05) is 37.4 Å². The second-order valence-electron chi connectivity index (χ2n) is 8.96. The standard InChI is InChI=1S/C26H31N5O4S.H2/c1-4-30-12-7-13-31(15-14-30)25(33)20-10-6-11-21(16-20)36(34,35)29-26-27-22(17-23(32)28-26)24-18(2)8-5-9-19(24)3;/h5-6,8-11,16-17H,4,7,12-15H2,1-3H3,(H2,27,28,29,32);1H. The van der Waals surface area contributed by atoms with E-state index in [4.69, 9.17) is 0 Å². The Morgan fingerprint density at radius 1 is 1.06 bits per heavy atom. The molecule has 36 heavy (non-hydrogen) atoms. The van der Waals surface area contributed by atoms with Gasteiger partial charge in [0.25, 0.3) is 21.5 Å². The van der Waals surface area contributed by atoms with Crippen molar-refractivity contribution >= 4 is 21.9 Å². The Morgan fingerprint density at radius 3 is 2.50 bits per heavy atom.